The topological polar surface area (TPSA) is 94.5 Å². The van der Waals surface area contributed by atoms with Crippen LogP contribution >= 0.6 is 11.8 Å². The zero-order valence-electron chi connectivity index (χ0n) is 15.4. The normalized spacial score (nSPS) is 12.9. The van der Waals surface area contributed by atoms with E-state index in [2.05, 4.69) is 15.7 Å². The second-order valence-electron chi connectivity index (χ2n) is 6.08. The SMILES string of the molecule is COC(CNC(=O)C(=O)Nc1c2c(nn1-c1cccc(C)c1)CSC2)OC. The molecule has 0 spiro atoms. The Morgan fingerprint density at radius 1 is 1.26 bits per heavy atom. The Kier molecular flexibility index (Phi) is 6.15. The van der Waals surface area contributed by atoms with Crippen molar-refractivity contribution in [2.75, 3.05) is 26.1 Å². The number of fused-ring (bicyclic) bond motifs is 1. The van der Waals surface area contributed by atoms with Crippen LogP contribution in [0.15, 0.2) is 24.3 Å². The fraction of sp³-hybridized carbons (Fsp3) is 0.389. The summed E-state index contributed by atoms with van der Waals surface area (Å²) in [6.45, 7) is 2.06. The minimum Gasteiger partial charge on any atom is -0.354 e. The van der Waals surface area contributed by atoms with Crippen LogP contribution in [-0.4, -0.2) is 48.6 Å². The fourth-order valence-electron chi connectivity index (χ4n) is 2.77. The summed E-state index contributed by atoms with van der Waals surface area (Å²) < 4.78 is 11.7. The van der Waals surface area contributed by atoms with Crippen molar-refractivity contribution in [3.05, 3.63) is 41.1 Å². The summed E-state index contributed by atoms with van der Waals surface area (Å²) in [6, 6.07) is 7.82. The van der Waals surface area contributed by atoms with Gasteiger partial charge in [-0.3, -0.25) is 9.59 Å². The number of carbonyl (C=O) groups is 2. The van der Waals surface area contributed by atoms with Gasteiger partial charge in [0.1, 0.15) is 5.82 Å². The second kappa shape index (κ2) is 8.55. The van der Waals surface area contributed by atoms with Crippen LogP contribution in [0.2, 0.25) is 0 Å². The number of nitrogens with zero attached hydrogens (tertiary/aromatic N) is 2. The van der Waals surface area contributed by atoms with Crippen LogP contribution in [0.5, 0.6) is 0 Å². The molecular formula is C18H22N4O4S. The van der Waals surface area contributed by atoms with E-state index in [1.165, 1.54) is 14.2 Å². The first kappa shape index (κ1) is 19.4. The highest BCUT2D eigenvalue weighted by molar-refractivity contribution is 7.98. The van der Waals surface area contributed by atoms with Gasteiger partial charge in [0.15, 0.2) is 6.29 Å². The van der Waals surface area contributed by atoms with Crippen LogP contribution in [0.3, 0.4) is 0 Å². The molecular weight excluding hydrogens is 368 g/mol. The second-order valence-corrected chi connectivity index (χ2v) is 7.07. The minimum atomic E-state index is -0.759. The highest BCUT2D eigenvalue weighted by Crippen LogP contribution is 2.36. The van der Waals surface area contributed by atoms with E-state index in [1.54, 1.807) is 16.4 Å². The van der Waals surface area contributed by atoms with Gasteiger partial charge in [-0.05, 0) is 24.6 Å². The maximum Gasteiger partial charge on any atom is 0.314 e. The largest absolute Gasteiger partial charge is 0.354 e. The molecule has 2 amide bonds. The summed E-state index contributed by atoms with van der Waals surface area (Å²) in [5.41, 5.74) is 3.80. The summed E-state index contributed by atoms with van der Waals surface area (Å²) in [5.74, 6) is 0.552. The van der Waals surface area contributed by atoms with Crippen LogP contribution in [0.1, 0.15) is 16.8 Å². The van der Waals surface area contributed by atoms with Gasteiger partial charge in [-0.25, -0.2) is 4.68 Å². The third-order valence-corrected chi connectivity index (χ3v) is 5.16. The molecule has 0 atom stereocenters. The molecule has 0 saturated heterocycles. The van der Waals surface area contributed by atoms with Gasteiger partial charge in [0.2, 0.25) is 0 Å². The van der Waals surface area contributed by atoms with E-state index in [0.29, 0.717) is 5.82 Å². The lowest BCUT2D eigenvalue weighted by Gasteiger charge is -2.14. The molecule has 2 heterocycles. The summed E-state index contributed by atoms with van der Waals surface area (Å²) in [7, 11) is 2.92. The number of aromatic nitrogens is 2. The van der Waals surface area contributed by atoms with E-state index in [9.17, 15) is 9.59 Å². The number of carbonyl (C=O) groups excluding carboxylic acids is 2. The Bertz CT molecular complexity index is 848. The van der Waals surface area contributed by atoms with Gasteiger partial charge in [0.05, 0.1) is 17.9 Å². The van der Waals surface area contributed by atoms with Gasteiger partial charge in [-0.15, -0.1) is 0 Å². The van der Waals surface area contributed by atoms with Crippen molar-refractivity contribution in [3.8, 4) is 5.69 Å². The van der Waals surface area contributed by atoms with Gasteiger partial charge in [-0.2, -0.15) is 16.9 Å². The Balaban J connectivity index is 1.80. The van der Waals surface area contributed by atoms with Crippen LogP contribution < -0.4 is 10.6 Å². The number of thioether (sulfide) groups is 1. The van der Waals surface area contributed by atoms with Crippen molar-refractivity contribution in [1.29, 1.82) is 0 Å². The van der Waals surface area contributed by atoms with E-state index in [-0.39, 0.29) is 6.54 Å². The summed E-state index contributed by atoms with van der Waals surface area (Å²) in [5, 5.41) is 9.84. The van der Waals surface area contributed by atoms with Gasteiger partial charge in [0.25, 0.3) is 0 Å². The van der Waals surface area contributed by atoms with Crippen molar-refractivity contribution in [2.45, 2.75) is 24.7 Å². The average molecular weight is 390 g/mol. The summed E-state index contributed by atoms with van der Waals surface area (Å²) in [6.07, 6.45) is -0.611. The van der Waals surface area contributed by atoms with E-state index in [4.69, 9.17) is 9.47 Å². The number of hydrogen-bond donors (Lipinski definition) is 2. The number of ether oxygens (including phenoxy) is 2. The predicted molar refractivity (Wildman–Crippen MR) is 103 cm³/mol. The lowest BCUT2D eigenvalue weighted by molar-refractivity contribution is -0.139. The quantitative estimate of drug-likeness (QED) is 0.575. The highest BCUT2D eigenvalue weighted by Gasteiger charge is 2.26. The first-order valence-corrected chi connectivity index (χ1v) is 9.59. The Labute approximate surface area is 161 Å². The van der Waals surface area contributed by atoms with Crippen molar-refractivity contribution in [1.82, 2.24) is 15.1 Å². The van der Waals surface area contributed by atoms with Gasteiger partial charge >= 0.3 is 11.8 Å². The third-order valence-electron chi connectivity index (χ3n) is 4.19. The molecule has 8 nitrogen and oxygen atoms in total. The zero-order chi connectivity index (χ0) is 19.4. The number of benzene rings is 1. The number of rotatable bonds is 6. The maximum absolute atomic E-state index is 12.4. The molecule has 0 fully saturated rings. The molecule has 144 valence electrons. The van der Waals surface area contributed by atoms with Crippen LogP contribution in [-0.2, 0) is 30.6 Å². The number of methoxy groups -OCH3 is 2. The predicted octanol–water partition coefficient (Wildman–Crippen LogP) is 1.60. The molecule has 2 N–H and O–H groups in total. The van der Waals surface area contributed by atoms with Crippen molar-refractivity contribution in [3.63, 3.8) is 0 Å². The molecule has 1 aliphatic heterocycles. The van der Waals surface area contributed by atoms with E-state index in [1.807, 2.05) is 31.2 Å². The molecule has 0 bridgehead atoms. The molecule has 0 unspecified atom stereocenters. The fourth-order valence-corrected chi connectivity index (χ4v) is 3.81. The van der Waals surface area contributed by atoms with Crippen LogP contribution in [0, 0.1) is 6.92 Å². The maximum atomic E-state index is 12.4. The first-order valence-electron chi connectivity index (χ1n) is 8.43. The van der Waals surface area contributed by atoms with Gasteiger partial charge in [0, 0.05) is 31.3 Å². The highest BCUT2D eigenvalue weighted by atomic mass is 32.2. The smallest absolute Gasteiger partial charge is 0.314 e. The molecule has 9 heteroatoms. The number of aryl methyl sites for hydroxylation is 1. The third kappa shape index (κ3) is 4.32. The molecule has 3 rings (SSSR count). The molecule has 27 heavy (non-hydrogen) atoms. The lowest BCUT2D eigenvalue weighted by atomic mass is 10.2. The molecule has 0 radical (unpaired) electrons. The van der Waals surface area contributed by atoms with Crippen molar-refractivity contribution >= 4 is 29.4 Å². The number of amides is 2. The van der Waals surface area contributed by atoms with E-state index in [0.717, 1.165) is 34.0 Å². The summed E-state index contributed by atoms with van der Waals surface area (Å²) in [4.78, 5) is 24.5. The molecule has 1 aromatic heterocycles. The molecule has 2 aromatic rings. The lowest BCUT2D eigenvalue weighted by Crippen LogP contribution is -2.40. The van der Waals surface area contributed by atoms with Crippen molar-refractivity contribution < 1.29 is 19.1 Å². The van der Waals surface area contributed by atoms with Gasteiger partial charge in [-0.1, -0.05) is 12.1 Å². The zero-order valence-corrected chi connectivity index (χ0v) is 16.3. The average Bonchev–Trinajstić information content (AvgIpc) is 3.25. The van der Waals surface area contributed by atoms with Crippen molar-refractivity contribution in [2.24, 2.45) is 0 Å². The molecule has 0 aliphatic carbocycles. The molecule has 0 saturated carbocycles. The monoisotopic (exact) mass is 390 g/mol. The van der Waals surface area contributed by atoms with Crippen LogP contribution in [0.4, 0.5) is 5.82 Å². The van der Waals surface area contributed by atoms with E-state index < -0.39 is 18.1 Å². The minimum absolute atomic E-state index is 0.0738. The Morgan fingerprint density at radius 3 is 2.74 bits per heavy atom. The number of nitrogens with one attached hydrogen (secondary N) is 2. The Morgan fingerprint density at radius 2 is 2.04 bits per heavy atom. The number of hydrogen-bond acceptors (Lipinski definition) is 6. The first-order chi connectivity index (χ1) is 13.0. The molecule has 1 aliphatic rings. The molecule has 1 aromatic carbocycles. The Hall–Kier alpha value is -2.36. The van der Waals surface area contributed by atoms with Crippen LogP contribution in [0.25, 0.3) is 5.69 Å². The van der Waals surface area contributed by atoms with E-state index >= 15 is 0 Å². The van der Waals surface area contributed by atoms with Gasteiger partial charge < -0.3 is 20.1 Å². The number of anilines is 1. The standard InChI is InChI=1S/C18H22N4O4S/c1-11-5-4-6-12(7-11)22-16(13-9-27-10-14(13)21-22)20-18(24)17(23)19-8-15(25-2)26-3/h4-7,15H,8-10H2,1-3H3,(H,19,23)(H,20,24). The summed E-state index contributed by atoms with van der Waals surface area (Å²) >= 11 is 1.73.